The molecule has 0 aliphatic carbocycles. The van der Waals surface area contributed by atoms with E-state index in [0.29, 0.717) is 21.6 Å². The van der Waals surface area contributed by atoms with Gasteiger partial charge in [-0.25, -0.2) is 15.0 Å². The number of nitrogens with zero attached hydrogens (tertiary/aromatic N) is 3. The second-order valence-corrected chi connectivity index (χ2v) is 3.23. The zero-order valence-corrected chi connectivity index (χ0v) is 7.69. The Morgan fingerprint density at radius 2 is 2.14 bits per heavy atom. The molecule has 0 atom stereocenters. The van der Waals surface area contributed by atoms with Crippen molar-refractivity contribution in [3.8, 4) is 0 Å². The molecule has 0 aliphatic heterocycles. The molecule has 0 saturated heterocycles. The fourth-order valence-corrected chi connectivity index (χ4v) is 1.71. The van der Waals surface area contributed by atoms with E-state index in [0.717, 1.165) is 5.39 Å². The van der Waals surface area contributed by atoms with Crippen molar-refractivity contribution in [3.05, 3.63) is 30.0 Å². The Balaban J connectivity index is 2.63. The van der Waals surface area contributed by atoms with Gasteiger partial charge in [-0.1, -0.05) is 11.6 Å². The van der Waals surface area contributed by atoms with Crippen LogP contribution >= 0.6 is 11.6 Å². The highest BCUT2D eigenvalue weighted by atomic mass is 35.5. The maximum Gasteiger partial charge on any atom is 0.182 e. The Morgan fingerprint density at radius 3 is 3.07 bits per heavy atom. The average molecular weight is 206 g/mol. The summed E-state index contributed by atoms with van der Waals surface area (Å²) in [4.78, 5) is 12.0. The van der Waals surface area contributed by atoms with Gasteiger partial charge in [-0.2, -0.15) is 0 Å². The van der Waals surface area contributed by atoms with E-state index < -0.39 is 0 Å². The Bertz CT molecular complexity index is 620. The summed E-state index contributed by atoms with van der Waals surface area (Å²) in [5.74, 6) is 0. The summed E-state index contributed by atoms with van der Waals surface area (Å²) < 4.78 is 5.16. The molecule has 0 saturated carbocycles. The lowest BCUT2D eigenvalue weighted by Crippen LogP contribution is -1.83. The first-order valence-electron chi connectivity index (χ1n) is 3.97. The summed E-state index contributed by atoms with van der Waals surface area (Å²) in [6, 6.07) is 1.82. The van der Waals surface area contributed by atoms with Gasteiger partial charge in [-0.15, -0.1) is 0 Å². The Morgan fingerprint density at radius 1 is 1.21 bits per heavy atom. The smallest absolute Gasteiger partial charge is 0.182 e. The second-order valence-electron chi connectivity index (χ2n) is 2.85. The first-order chi connectivity index (χ1) is 6.86. The van der Waals surface area contributed by atoms with Crippen LogP contribution in [0.1, 0.15) is 0 Å². The van der Waals surface area contributed by atoms with Crippen LogP contribution in [0.25, 0.3) is 22.0 Å². The number of oxazole rings is 1. The molecule has 5 heteroatoms. The van der Waals surface area contributed by atoms with Crippen LogP contribution in [0.3, 0.4) is 0 Å². The predicted octanol–water partition coefficient (Wildman–Crippen LogP) is 2.42. The number of halogens is 1. The highest BCUT2D eigenvalue weighted by molar-refractivity contribution is 6.39. The number of rotatable bonds is 0. The van der Waals surface area contributed by atoms with E-state index in [-0.39, 0.29) is 0 Å². The molecule has 2 aromatic heterocycles. The van der Waals surface area contributed by atoms with Crippen LogP contribution in [-0.2, 0) is 0 Å². The number of hydrogen-bond acceptors (Lipinski definition) is 4. The Labute approximate surface area is 83.6 Å². The number of benzene rings is 1. The maximum atomic E-state index is 6.10. The molecule has 3 rings (SSSR count). The zero-order chi connectivity index (χ0) is 9.54. The van der Waals surface area contributed by atoms with E-state index in [1.54, 1.807) is 6.20 Å². The predicted molar refractivity (Wildman–Crippen MR) is 52.1 cm³/mol. The molecule has 0 bridgehead atoms. The first-order valence-corrected chi connectivity index (χ1v) is 4.35. The maximum absolute atomic E-state index is 6.10. The van der Waals surface area contributed by atoms with Crippen molar-refractivity contribution in [2.45, 2.75) is 0 Å². The minimum atomic E-state index is 0.508. The fourth-order valence-electron chi connectivity index (χ4n) is 1.41. The van der Waals surface area contributed by atoms with Crippen molar-refractivity contribution >= 4 is 33.6 Å². The number of fused-ring (bicyclic) bond motifs is 2. The topological polar surface area (TPSA) is 51.8 Å². The lowest BCUT2D eigenvalue weighted by atomic mass is 10.2. The van der Waals surface area contributed by atoms with Crippen LogP contribution in [0.15, 0.2) is 29.4 Å². The highest BCUT2D eigenvalue weighted by Gasteiger charge is 2.09. The highest BCUT2D eigenvalue weighted by Crippen LogP contribution is 2.29. The van der Waals surface area contributed by atoms with Crippen molar-refractivity contribution in [1.29, 1.82) is 0 Å². The molecule has 0 N–H and O–H groups in total. The molecule has 14 heavy (non-hydrogen) atoms. The van der Waals surface area contributed by atoms with Crippen LogP contribution in [0.4, 0.5) is 0 Å². The van der Waals surface area contributed by atoms with Crippen LogP contribution in [0.2, 0.25) is 5.02 Å². The molecule has 2 heterocycles. The minimum Gasteiger partial charge on any atom is -0.443 e. The van der Waals surface area contributed by atoms with E-state index in [1.165, 1.54) is 12.7 Å². The summed E-state index contributed by atoms with van der Waals surface area (Å²) in [5, 5.41) is 1.36. The molecule has 0 radical (unpaired) electrons. The van der Waals surface area contributed by atoms with Crippen LogP contribution in [0, 0.1) is 0 Å². The zero-order valence-electron chi connectivity index (χ0n) is 6.94. The largest absolute Gasteiger partial charge is 0.443 e. The normalized spacial score (nSPS) is 11.2. The standard InChI is InChI=1S/C9H4ClN3O/c10-7-8-5(2-11-3-12-8)1-6-9(7)13-4-14-6/h1-4H. The van der Waals surface area contributed by atoms with Gasteiger partial charge in [0.25, 0.3) is 0 Å². The van der Waals surface area contributed by atoms with Crippen molar-refractivity contribution in [1.82, 2.24) is 15.0 Å². The quantitative estimate of drug-likeness (QED) is 0.566. The molecule has 0 unspecified atom stereocenters. The van der Waals surface area contributed by atoms with E-state index in [2.05, 4.69) is 15.0 Å². The minimum absolute atomic E-state index is 0.508. The average Bonchev–Trinajstić information content (AvgIpc) is 2.66. The Kier molecular flexibility index (Phi) is 1.46. The van der Waals surface area contributed by atoms with E-state index in [1.807, 2.05) is 6.07 Å². The summed E-state index contributed by atoms with van der Waals surface area (Å²) in [6.07, 6.45) is 4.51. The third-order valence-electron chi connectivity index (χ3n) is 2.04. The molecule has 1 aromatic carbocycles. The molecule has 0 aliphatic rings. The third kappa shape index (κ3) is 0.914. The molecule has 0 amide bonds. The number of hydrogen-bond donors (Lipinski definition) is 0. The van der Waals surface area contributed by atoms with Gasteiger partial charge in [-0.3, -0.25) is 0 Å². The second kappa shape index (κ2) is 2.65. The fraction of sp³-hybridized carbons (Fsp3) is 0. The summed E-state index contributed by atoms with van der Waals surface area (Å²) >= 11 is 6.10. The summed E-state index contributed by atoms with van der Waals surface area (Å²) in [7, 11) is 0. The van der Waals surface area contributed by atoms with E-state index >= 15 is 0 Å². The SMILES string of the molecule is Clc1c2ncncc2cc2ocnc12. The van der Waals surface area contributed by atoms with Crippen molar-refractivity contribution in [2.24, 2.45) is 0 Å². The lowest BCUT2D eigenvalue weighted by Gasteiger charge is -1.97. The van der Waals surface area contributed by atoms with E-state index in [9.17, 15) is 0 Å². The first kappa shape index (κ1) is 7.70. The van der Waals surface area contributed by atoms with Gasteiger partial charge in [0.2, 0.25) is 0 Å². The third-order valence-corrected chi connectivity index (χ3v) is 2.40. The van der Waals surface area contributed by atoms with Gasteiger partial charge in [0.15, 0.2) is 12.0 Å². The summed E-state index contributed by atoms with van der Waals surface area (Å²) in [5.41, 5.74) is 1.98. The van der Waals surface area contributed by atoms with Crippen molar-refractivity contribution in [2.75, 3.05) is 0 Å². The van der Waals surface area contributed by atoms with Gasteiger partial charge in [0, 0.05) is 11.6 Å². The number of aromatic nitrogens is 3. The van der Waals surface area contributed by atoms with Gasteiger partial charge >= 0.3 is 0 Å². The molecule has 4 nitrogen and oxygen atoms in total. The molecule has 0 fully saturated rings. The summed E-state index contributed by atoms with van der Waals surface area (Å²) in [6.45, 7) is 0. The van der Waals surface area contributed by atoms with Gasteiger partial charge in [0.05, 0.1) is 10.5 Å². The molecular weight excluding hydrogens is 202 g/mol. The van der Waals surface area contributed by atoms with Crippen LogP contribution in [-0.4, -0.2) is 15.0 Å². The van der Waals surface area contributed by atoms with E-state index in [4.69, 9.17) is 16.0 Å². The molecule has 0 spiro atoms. The Hall–Kier alpha value is -1.68. The van der Waals surface area contributed by atoms with Crippen LogP contribution < -0.4 is 0 Å². The van der Waals surface area contributed by atoms with Gasteiger partial charge in [-0.05, 0) is 6.07 Å². The molecular formula is C9H4ClN3O. The monoisotopic (exact) mass is 205 g/mol. The lowest BCUT2D eigenvalue weighted by molar-refractivity contribution is 0.602. The van der Waals surface area contributed by atoms with Gasteiger partial charge < -0.3 is 4.42 Å². The van der Waals surface area contributed by atoms with Gasteiger partial charge in [0.1, 0.15) is 11.8 Å². The van der Waals surface area contributed by atoms with Crippen molar-refractivity contribution in [3.63, 3.8) is 0 Å². The molecule has 68 valence electrons. The van der Waals surface area contributed by atoms with Crippen LogP contribution in [0.5, 0.6) is 0 Å². The van der Waals surface area contributed by atoms with Crippen molar-refractivity contribution < 1.29 is 4.42 Å². The molecule has 3 aromatic rings.